The third kappa shape index (κ3) is 7.55. The van der Waals surface area contributed by atoms with Gasteiger partial charge in [0, 0.05) is 12.0 Å². The van der Waals surface area contributed by atoms with Gasteiger partial charge in [-0.15, -0.1) is 0 Å². The average molecular weight is 213 g/mol. The average Bonchev–Trinajstić information content (AvgIpc) is 2.17. The van der Waals surface area contributed by atoms with Crippen molar-refractivity contribution >= 4 is 6.29 Å². The molecule has 0 aromatic carbocycles. The number of aldehydes is 1. The lowest BCUT2D eigenvalue weighted by Crippen LogP contribution is -2.24. The summed E-state index contributed by atoms with van der Waals surface area (Å²) in [5.74, 6) is 1.60. The van der Waals surface area contributed by atoms with Crippen molar-refractivity contribution in [2.45, 2.75) is 59.4 Å². The summed E-state index contributed by atoms with van der Waals surface area (Å²) in [7, 11) is 0. The Morgan fingerprint density at radius 1 is 1.13 bits per heavy atom. The molecule has 0 amide bonds. The van der Waals surface area contributed by atoms with Crippen molar-refractivity contribution in [2.24, 2.45) is 23.5 Å². The van der Waals surface area contributed by atoms with Crippen LogP contribution in [0.15, 0.2) is 0 Å². The van der Waals surface area contributed by atoms with E-state index in [1.54, 1.807) is 0 Å². The zero-order valence-electron chi connectivity index (χ0n) is 10.7. The standard InChI is InChI=1S/C13H27NO/c1-10(2)12(4)8-13(14)7-5-6-11(3)9-15/h9-13H,5-8,14H2,1-4H3. The molecule has 0 saturated heterocycles. The minimum absolute atomic E-state index is 0.194. The highest BCUT2D eigenvalue weighted by Gasteiger charge is 2.12. The van der Waals surface area contributed by atoms with Gasteiger partial charge in [0.25, 0.3) is 0 Å². The van der Waals surface area contributed by atoms with Gasteiger partial charge in [0.15, 0.2) is 0 Å². The zero-order chi connectivity index (χ0) is 11.8. The van der Waals surface area contributed by atoms with Gasteiger partial charge >= 0.3 is 0 Å². The SMILES string of the molecule is CC(C=O)CCCC(N)CC(C)C(C)C. The van der Waals surface area contributed by atoms with Crippen LogP contribution in [0.3, 0.4) is 0 Å². The Kier molecular flexibility index (Phi) is 7.67. The van der Waals surface area contributed by atoms with Crippen molar-refractivity contribution in [1.82, 2.24) is 0 Å². The zero-order valence-corrected chi connectivity index (χ0v) is 10.7. The Labute approximate surface area is 94.6 Å². The van der Waals surface area contributed by atoms with E-state index in [4.69, 9.17) is 5.73 Å². The number of hydrogen-bond donors (Lipinski definition) is 1. The number of hydrogen-bond acceptors (Lipinski definition) is 2. The van der Waals surface area contributed by atoms with Crippen LogP contribution in [-0.4, -0.2) is 12.3 Å². The number of rotatable bonds is 8. The molecule has 0 aliphatic heterocycles. The van der Waals surface area contributed by atoms with E-state index in [-0.39, 0.29) is 5.92 Å². The Hall–Kier alpha value is -0.370. The summed E-state index contributed by atoms with van der Waals surface area (Å²) < 4.78 is 0. The molecule has 3 atom stereocenters. The summed E-state index contributed by atoms with van der Waals surface area (Å²) in [6.07, 6.45) is 5.24. The molecule has 3 unspecified atom stereocenters. The Bertz CT molecular complexity index is 168. The Balaban J connectivity index is 3.57. The lowest BCUT2D eigenvalue weighted by Gasteiger charge is -2.20. The largest absolute Gasteiger partial charge is 0.328 e. The molecule has 90 valence electrons. The fraction of sp³-hybridized carbons (Fsp3) is 0.923. The molecule has 0 heterocycles. The number of carbonyl (C=O) groups excluding carboxylic acids is 1. The molecule has 0 saturated carbocycles. The summed E-state index contributed by atoms with van der Waals surface area (Å²) in [5.41, 5.74) is 6.05. The number of nitrogens with two attached hydrogens (primary N) is 1. The van der Waals surface area contributed by atoms with Gasteiger partial charge in [-0.25, -0.2) is 0 Å². The quantitative estimate of drug-likeness (QED) is 0.630. The lowest BCUT2D eigenvalue weighted by molar-refractivity contribution is -0.110. The van der Waals surface area contributed by atoms with Crippen LogP contribution in [0.2, 0.25) is 0 Å². The van der Waals surface area contributed by atoms with Crippen molar-refractivity contribution in [3.63, 3.8) is 0 Å². The van der Waals surface area contributed by atoms with E-state index in [1.807, 2.05) is 6.92 Å². The van der Waals surface area contributed by atoms with Crippen molar-refractivity contribution in [3.8, 4) is 0 Å². The molecule has 0 spiro atoms. The highest BCUT2D eigenvalue weighted by atomic mass is 16.1. The summed E-state index contributed by atoms with van der Waals surface area (Å²) in [5, 5.41) is 0. The van der Waals surface area contributed by atoms with Gasteiger partial charge in [0.2, 0.25) is 0 Å². The molecule has 15 heavy (non-hydrogen) atoms. The van der Waals surface area contributed by atoms with E-state index in [1.165, 1.54) is 0 Å². The van der Waals surface area contributed by atoms with Crippen LogP contribution in [-0.2, 0) is 4.79 Å². The fourth-order valence-electron chi connectivity index (χ4n) is 1.64. The molecular formula is C13H27NO. The maximum Gasteiger partial charge on any atom is 0.122 e. The topological polar surface area (TPSA) is 43.1 Å². The molecule has 2 nitrogen and oxygen atoms in total. The first-order chi connectivity index (χ1) is 6.97. The van der Waals surface area contributed by atoms with Crippen LogP contribution in [0.4, 0.5) is 0 Å². The van der Waals surface area contributed by atoms with E-state index in [0.29, 0.717) is 17.9 Å². The van der Waals surface area contributed by atoms with Crippen LogP contribution in [0.25, 0.3) is 0 Å². The first-order valence-electron chi connectivity index (χ1n) is 6.18. The van der Waals surface area contributed by atoms with Crippen LogP contribution >= 0.6 is 0 Å². The summed E-state index contributed by atoms with van der Waals surface area (Å²) in [6, 6.07) is 0.307. The third-order valence-corrected chi connectivity index (χ3v) is 3.28. The van der Waals surface area contributed by atoms with Crippen molar-refractivity contribution in [2.75, 3.05) is 0 Å². The van der Waals surface area contributed by atoms with Crippen LogP contribution < -0.4 is 5.73 Å². The molecule has 0 fully saturated rings. The fourth-order valence-corrected chi connectivity index (χ4v) is 1.64. The van der Waals surface area contributed by atoms with Crippen LogP contribution in [0.1, 0.15) is 53.4 Å². The molecule has 0 aliphatic carbocycles. The maximum absolute atomic E-state index is 10.4. The molecule has 2 N–H and O–H groups in total. The highest BCUT2D eigenvalue weighted by Crippen LogP contribution is 2.18. The predicted molar refractivity (Wildman–Crippen MR) is 65.7 cm³/mol. The molecule has 0 radical (unpaired) electrons. The monoisotopic (exact) mass is 213 g/mol. The first-order valence-corrected chi connectivity index (χ1v) is 6.18. The molecular weight excluding hydrogens is 186 g/mol. The van der Waals surface area contributed by atoms with E-state index in [2.05, 4.69) is 20.8 Å². The van der Waals surface area contributed by atoms with E-state index in [9.17, 15) is 4.79 Å². The van der Waals surface area contributed by atoms with E-state index >= 15 is 0 Å². The summed E-state index contributed by atoms with van der Waals surface area (Å²) in [4.78, 5) is 10.4. The van der Waals surface area contributed by atoms with Gasteiger partial charge in [0.1, 0.15) is 6.29 Å². The van der Waals surface area contributed by atoms with Gasteiger partial charge in [-0.3, -0.25) is 0 Å². The van der Waals surface area contributed by atoms with E-state index < -0.39 is 0 Å². The smallest absolute Gasteiger partial charge is 0.122 e. The highest BCUT2D eigenvalue weighted by molar-refractivity contribution is 5.52. The molecule has 0 aliphatic rings. The molecule has 0 aromatic heterocycles. The van der Waals surface area contributed by atoms with Crippen molar-refractivity contribution in [3.05, 3.63) is 0 Å². The van der Waals surface area contributed by atoms with Gasteiger partial charge in [-0.1, -0.05) is 34.1 Å². The normalized spacial score (nSPS) is 17.5. The minimum Gasteiger partial charge on any atom is -0.328 e. The Morgan fingerprint density at radius 2 is 1.73 bits per heavy atom. The second kappa shape index (κ2) is 7.86. The molecule has 0 aromatic rings. The van der Waals surface area contributed by atoms with E-state index in [0.717, 1.165) is 32.0 Å². The van der Waals surface area contributed by atoms with Crippen LogP contribution in [0.5, 0.6) is 0 Å². The van der Waals surface area contributed by atoms with Gasteiger partial charge < -0.3 is 10.5 Å². The molecule has 0 rings (SSSR count). The molecule has 2 heteroatoms. The second-order valence-corrected chi connectivity index (χ2v) is 5.26. The summed E-state index contributed by atoms with van der Waals surface area (Å²) in [6.45, 7) is 8.71. The lowest BCUT2D eigenvalue weighted by atomic mass is 9.89. The minimum atomic E-state index is 0.194. The van der Waals surface area contributed by atoms with Gasteiger partial charge in [-0.05, 0) is 31.1 Å². The van der Waals surface area contributed by atoms with Crippen molar-refractivity contribution in [1.29, 1.82) is 0 Å². The summed E-state index contributed by atoms with van der Waals surface area (Å²) >= 11 is 0. The predicted octanol–water partition coefficient (Wildman–Crippen LogP) is 3.00. The van der Waals surface area contributed by atoms with Crippen molar-refractivity contribution < 1.29 is 4.79 Å². The second-order valence-electron chi connectivity index (χ2n) is 5.26. The third-order valence-electron chi connectivity index (χ3n) is 3.28. The van der Waals surface area contributed by atoms with Gasteiger partial charge in [-0.2, -0.15) is 0 Å². The van der Waals surface area contributed by atoms with Crippen LogP contribution in [0, 0.1) is 17.8 Å². The maximum atomic E-state index is 10.4. The first kappa shape index (κ1) is 14.6. The number of carbonyl (C=O) groups is 1. The Morgan fingerprint density at radius 3 is 2.20 bits per heavy atom. The molecule has 0 bridgehead atoms. The van der Waals surface area contributed by atoms with Gasteiger partial charge in [0.05, 0.1) is 0 Å².